The molecule has 0 aliphatic carbocycles. The number of nitrogens with two attached hydrogens (primary N) is 1. The van der Waals surface area contributed by atoms with Crippen LogP contribution in [0.4, 0.5) is 23.0 Å². The first-order chi connectivity index (χ1) is 11.7. The highest BCUT2D eigenvalue weighted by Gasteiger charge is 2.10. The van der Waals surface area contributed by atoms with Crippen LogP contribution in [0, 0.1) is 0 Å². The molecule has 5 N–H and O–H groups in total. The highest BCUT2D eigenvalue weighted by molar-refractivity contribution is 5.95. The van der Waals surface area contributed by atoms with Crippen LogP contribution in [0.3, 0.4) is 0 Å². The molecule has 9 heteroatoms. The number of aromatic nitrogens is 4. The summed E-state index contributed by atoms with van der Waals surface area (Å²) in [7, 11) is 0. The SMILES string of the molecule is Nc1c(NNC(=O)c2ccncc2)ncnc1Nc1cccnc1. The van der Waals surface area contributed by atoms with E-state index >= 15 is 0 Å². The van der Waals surface area contributed by atoms with Crippen molar-refractivity contribution in [1.29, 1.82) is 0 Å². The molecule has 9 nitrogen and oxygen atoms in total. The Morgan fingerprint density at radius 1 is 1.00 bits per heavy atom. The second kappa shape index (κ2) is 7.01. The molecule has 3 rings (SSSR count). The van der Waals surface area contributed by atoms with E-state index in [-0.39, 0.29) is 17.4 Å². The number of rotatable bonds is 5. The largest absolute Gasteiger partial charge is 0.393 e. The number of hydrogen-bond acceptors (Lipinski definition) is 8. The van der Waals surface area contributed by atoms with Gasteiger partial charge in [-0.15, -0.1) is 0 Å². The predicted molar refractivity (Wildman–Crippen MR) is 89.3 cm³/mol. The number of anilines is 4. The van der Waals surface area contributed by atoms with Gasteiger partial charge in [0.1, 0.15) is 12.0 Å². The number of nitrogen functional groups attached to an aromatic ring is 1. The van der Waals surface area contributed by atoms with Gasteiger partial charge in [0.25, 0.3) is 5.91 Å². The van der Waals surface area contributed by atoms with Gasteiger partial charge < -0.3 is 11.1 Å². The summed E-state index contributed by atoms with van der Waals surface area (Å²) in [4.78, 5) is 28.0. The fraction of sp³-hybridized carbons (Fsp3) is 0. The van der Waals surface area contributed by atoms with E-state index in [0.717, 1.165) is 5.69 Å². The molecule has 0 unspecified atom stereocenters. The van der Waals surface area contributed by atoms with Crippen LogP contribution in [0.15, 0.2) is 55.4 Å². The number of pyridine rings is 2. The van der Waals surface area contributed by atoms with Crippen LogP contribution < -0.4 is 21.9 Å². The molecule has 24 heavy (non-hydrogen) atoms. The molecule has 0 fully saturated rings. The van der Waals surface area contributed by atoms with Crippen LogP contribution in [0.25, 0.3) is 0 Å². The summed E-state index contributed by atoms with van der Waals surface area (Å²) >= 11 is 0. The van der Waals surface area contributed by atoms with E-state index in [4.69, 9.17) is 5.73 Å². The number of carbonyl (C=O) groups excluding carboxylic acids is 1. The lowest BCUT2D eigenvalue weighted by atomic mass is 10.3. The summed E-state index contributed by atoms with van der Waals surface area (Å²) in [5, 5.41) is 3.03. The Morgan fingerprint density at radius 3 is 2.54 bits per heavy atom. The summed E-state index contributed by atoms with van der Waals surface area (Å²) in [5.41, 5.74) is 12.7. The van der Waals surface area contributed by atoms with Crippen molar-refractivity contribution in [3.8, 4) is 0 Å². The third kappa shape index (κ3) is 3.53. The second-order valence-electron chi connectivity index (χ2n) is 4.67. The molecule has 0 atom stereocenters. The average molecular weight is 322 g/mol. The monoisotopic (exact) mass is 322 g/mol. The highest BCUT2D eigenvalue weighted by Crippen LogP contribution is 2.24. The Labute approximate surface area is 137 Å². The van der Waals surface area contributed by atoms with Crippen molar-refractivity contribution < 1.29 is 4.79 Å². The van der Waals surface area contributed by atoms with Gasteiger partial charge in [-0.3, -0.25) is 25.6 Å². The molecule has 0 radical (unpaired) electrons. The highest BCUT2D eigenvalue weighted by atomic mass is 16.2. The van der Waals surface area contributed by atoms with Crippen molar-refractivity contribution >= 4 is 28.9 Å². The Kier molecular flexibility index (Phi) is 4.43. The summed E-state index contributed by atoms with van der Waals surface area (Å²) < 4.78 is 0. The number of carbonyl (C=O) groups is 1. The van der Waals surface area contributed by atoms with Crippen LogP contribution in [0.1, 0.15) is 10.4 Å². The smallest absolute Gasteiger partial charge is 0.269 e. The molecule has 0 aromatic carbocycles. The minimum atomic E-state index is -0.336. The molecule has 3 heterocycles. The normalized spacial score (nSPS) is 10.0. The van der Waals surface area contributed by atoms with E-state index in [1.807, 2.05) is 6.07 Å². The van der Waals surface area contributed by atoms with Crippen molar-refractivity contribution in [2.24, 2.45) is 0 Å². The third-order valence-electron chi connectivity index (χ3n) is 3.05. The Hall–Kier alpha value is -3.75. The van der Waals surface area contributed by atoms with Gasteiger partial charge >= 0.3 is 0 Å². The Balaban J connectivity index is 1.70. The van der Waals surface area contributed by atoms with Gasteiger partial charge in [-0.05, 0) is 24.3 Å². The van der Waals surface area contributed by atoms with E-state index in [1.54, 1.807) is 30.6 Å². The predicted octanol–water partition coefficient (Wildman–Crippen LogP) is 1.35. The van der Waals surface area contributed by atoms with Crippen LogP contribution in [-0.4, -0.2) is 25.8 Å². The van der Waals surface area contributed by atoms with E-state index < -0.39 is 0 Å². The van der Waals surface area contributed by atoms with Crippen LogP contribution in [-0.2, 0) is 0 Å². The fourth-order valence-corrected chi connectivity index (χ4v) is 1.86. The van der Waals surface area contributed by atoms with Crippen LogP contribution in [0.5, 0.6) is 0 Å². The lowest BCUT2D eigenvalue weighted by Gasteiger charge is -2.13. The summed E-state index contributed by atoms with van der Waals surface area (Å²) in [5.74, 6) is 0.342. The summed E-state index contributed by atoms with van der Waals surface area (Å²) in [6, 6.07) is 6.80. The van der Waals surface area contributed by atoms with E-state index in [0.29, 0.717) is 11.4 Å². The maximum atomic E-state index is 12.0. The molecule has 3 aromatic heterocycles. The average Bonchev–Trinajstić information content (AvgIpc) is 2.64. The number of amides is 1. The quantitative estimate of drug-likeness (QED) is 0.518. The topological polar surface area (TPSA) is 131 Å². The maximum Gasteiger partial charge on any atom is 0.269 e. The first-order valence-electron chi connectivity index (χ1n) is 6.98. The molecule has 0 saturated heterocycles. The number of nitrogens with one attached hydrogen (secondary N) is 3. The zero-order valence-corrected chi connectivity index (χ0v) is 12.5. The standard InChI is InChI=1S/C15H14N8O/c16-12-13(21-11-2-1-5-18-8-11)19-9-20-14(12)22-23-15(24)10-3-6-17-7-4-10/h1-9H,16H2,(H,23,24)(H2,19,20,21,22). The molecule has 3 aromatic rings. The van der Waals surface area contributed by atoms with Gasteiger partial charge in [-0.2, -0.15) is 0 Å². The van der Waals surface area contributed by atoms with Gasteiger partial charge in [-0.1, -0.05) is 0 Å². The first-order valence-corrected chi connectivity index (χ1v) is 6.98. The van der Waals surface area contributed by atoms with Gasteiger partial charge in [0, 0.05) is 24.2 Å². The number of hydrogen-bond donors (Lipinski definition) is 4. The Bertz CT molecular complexity index is 825. The van der Waals surface area contributed by atoms with Crippen LogP contribution >= 0.6 is 0 Å². The van der Waals surface area contributed by atoms with Gasteiger partial charge in [0.2, 0.25) is 0 Å². The van der Waals surface area contributed by atoms with Crippen LogP contribution in [0.2, 0.25) is 0 Å². The molecular weight excluding hydrogens is 308 g/mol. The van der Waals surface area contributed by atoms with Crippen molar-refractivity contribution in [1.82, 2.24) is 25.4 Å². The lowest BCUT2D eigenvalue weighted by Crippen LogP contribution is -2.30. The van der Waals surface area contributed by atoms with E-state index in [9.17, 15) is 4.79 Å². The minimum absolute atomic E-state index is 0.261. The molecule has 0 bridgehead atoms. The van der Waals surface area contributed by atoms with Gasteiger partial charge in [-0.25, -0.2) is 9.97 Å². The molecule has 0 saturated carbocycles. The molecule has 0 spiro atoms. The summed E-state index contributed by atoms with van der Waals surface area (Å²) in [6.07, 6.45) is 7.69. The fourth-order valence-electron chi connectivity index (χ4n) is 1.86. The zero-order valence-electron chi connectivity index (χ0n) is 12.5. The molecule has 0 aliphatic heterocycles. The zero-order chi connectivity index (χ0) is 16.8. The minimum Gasteiger partial charge on any atom is -0.393 e. The van der Waals surface area contributed by atoms with Crippen molar-refractivity contribution in [3.63, 3.8) is 0 Å². The van der Waals surface area contributed by atoms with E-state index in [1.165, 1.54) is 18.7 Å². The number of nitrogens with zero attached hydrogens (tertiary/aromatic N) is 4. The van der Waals surface area contributed by atoms with Crippen molar-refractivity contribution in [2.45, 2.75) is 0 Å². The first kappa shape index (κ1) is 15.2. The molecular formula is C15H14N8O. The van der Waals surface area contributed by atoms with Crippen molar-refractivity contribution in [2.75, 3.05) is 16.5 Å². The maximum absolute atomic E-state index is 12.0. The molecule has 1 amide bonds. The van der Waals surface area contributed by atoms with Gasteiger partial charge in [0.15, 0.2) is 11.6 Å². The second-order valence-corrected chi connectivity index (χ2v) is 4.67. The number of hydrazine groups is 1. The molecule has 0 aliphatic rings. The third-order valence-corrected chi connectivity index (χ3v) is 3.05. The lowest BCUT2D eigenvalue weighted by molar-refractivity contribution is 0.0962. The Morgan fingerprint density at radius 2 is 1.79 bits per heavy atom. The molecule has 120 valence electrons. The summed E-state index contributed by atoms with van der Waals surface area (Å²) in [6.45, 7) is 0. The van der Waals surface area contributed by atoms with Crippen molar-refractivity contribution in [3.05, 3.63) is 60.9 Å². The van der Waals surface area contributed by atoms with E-state index in [2.05, 4.69) is 36.1 Å². The van der Waals surface area contributed by atoms with Gasteiger partial charge in [0.05, 0.1) is 11.9 Å².